The number of rotatable bonds is 4. The fraction of sp³-hybridized carbons (Fsp3) is 0.409. The first-order valence-electron chi connectivity index (χ1n) is 9.88. The van der Waals surface area contributed by atoms with Crippen molar-refractivity contribution in [2.75, 3.05) is 36.4 Å². The topological polar surface area (TPSA) is 36.8 Å². The molecule has 0 spiro atoms. The number of fused-ring (bicyclic) bond motifs is 1. The van der Waals surface area contributed by atoms with E-state index >= 15 is 0 Å². The summed E-state index contributed by atoms with van der Waals surface area (Å²) in [6.07, 6.45) is 3.49. The molecule has 4 rings (SSSR count). The molecule has 2 aliphatic rings. The van der Waals surface area contributed by atoms with Gasteiger partial charge in [-0.1, -0.05) is 6.07 Å². The van der Waals surface area contributed by atoms with Crippen LogP contribution in [0.3, 0.4) is 0 Å². The highest BCUT2D eigenvalue weighted by Gasteiger charge is 2.29. The van der Waals surface area contributed by atoms with Crippen LogP contribution in [0.2, 0.25) is 0 Å². The number of quaternary nitrogens is 1. The van der Waals surface area contributed by atoms with Gasteiger partial charge in [0.1, 0.15) is 5.82 Å². The fourth-order valence-electron chi connectivity index (χ4n) is 4.22. The second-order valence-corrected chi connectivity index (χ2v) is 7.67. The minimum absolute atomic E-state index is 0.0816. The first-order valence-corrected chi connectivity index (χ1v) is 9.88. The molecule has 2 N–H and O–H groups in total. The van der Waals surface area contributed by atoms with Gasteiger partial charge < -0.3 is 15.1 Å². The minimum atomic E-state index is -0.208. The van der Waals surface area contributed by atoms with Crippen LogP contribution in [0, 0.1) is 5.82 Å². The van der Waals surface area contributed by atoms with Crippen molar-refractivity contribution < 1.29 is 14.1 Å². The molecule has 1 atom stereocenters. The fourth-order valence-corrected chi connectivity index (χ4v) is 4.22. The zero-order chi connectivity index (χ0) is 18.8. The van der Waals surface area contributed by atoms with E-state index in [4.69, 9.17) is 0 Å². The summed E-state index contributed by atoms with van der Waals surface area (Å²) in [4.78, 5) is 16.3. The number of benzene rings is 2. The van der Waals surface area contributed by atoms with Gasteiger partial charge in [-0.05, 0) is 73.7 Å². The third-order valence-corrected chi connectivity index (χ3v) is 5.97. The van der Waals surface area contributed by atoms with Gasteiger partial charge >= 0.3 is 0 Å². The molecule has 0 unspecified atom stereocenters. The smallest absolute Gasteiger partial charge is 0.282 e. The van der Waals surface area contributed by atoms with Gasteiger partial charge in [0.15, 0.2) is 6.04 Å². The second-order valence-electron chi connectivity index (χ2n) is 7.67. The standard InChI is InChI=1S/C22H26FN3O/c1-16(22(27)24-20-8-5-17-3-2-4-18(17)15-20)25-11-13-26(14-12-25)21-9-6-19(23)7-10-21/h5-10,15-16H,2-4,11-14H2,1H3,(H,24,27)/p+1/t16-/m1/s1. The first kappa shape index (κ1) is 18.0. The quantitative estimate of drug-likeness (QED) is 0.867. The third kappa shape index (κ3) is 3.98. The lowest BCUT2D eigenvalue weighted by Gasteiger charge is -2.36. The maximum atomic E-state index is 13.1. The van der Waals surface area contributed by atoms with Crippen molar-refractivity contribution in [3.05, 3.63) is 59.4 Å². The Kier molecular flexibility index (Phi) is 5.12. The Morgan fingerprint density at radius 1 is 1.07 bits per heavy atom. The molecule has 1 aliphatic carbocycles. The number of carbonyl (C=O) groups excluding carboxylic acids is 1. The Morgan fingerprint density at radius 3 is 2.52 bits per heavy atom. The number of piperazine rings is 1. The molecule has 1 aliphatic heterocycles. The molecule has 27 heavy (non-hydrogen) atoms. The number of hydrogen-bond donors (Lipinski definition) is 2. The summed E-state index contributed by atoms with van der Waals surface area (Å²) in [7, 11) is 0. The van der Waals surface area contributed by atoms with Crippen LogP contribution in [0.15, 0.2) is 42.5 Å². The highest BCUT2D eigenvalue weighted by atomic mass is 19.1. The molecule has 4 nitrogen and oxygen atoms in total. The van der Waals surface area contributed by atoms with Crippen LogP contribution in [-0.4, -0.2) is 38.1 Å². The molecule has 1 saturated heterocycles. The number of anilines is 2. The van der Waals surface area contributed by atoms with Gasteiger partial charge in [-0.2, -0.15) is 0 Å². The lowest BCUT2D eigenvalue weighted by molar-refractivity contribution is -0.914. The van der Waals surface area contributed by atoms with Crippen molar-refractivity contribution in [3.63, 3.8) is 0 Å². The highest BCUT2D eigenvalue weighted by molar-refractivity contribution is 5.93. The first-order chi connectivity index (χ1) is 13.1. The van der Waals surface area contributed by atoms with E-state index in [1.165, 1.54) is 34.6 Å². The molecule has 0 radical (unpaired) electrons. The van der Waals surface area contributed by atoms with E-state index in [0.29, 0.717) is 0 Å². The Morgan fingerprint density at radius 2 is 1.78 bits per heavy atom. The highest BCUT2D eigenvalue weighted by Crippen LogP contribution is 2.24. The summed E-state index contributed by atoms with van der Waals surface area (Å²) in [5.41, 5.74) is 4.76. The Hall–Kier alpha value is -2.40. The number of hydrogen-bond acceptors (Lipinski definition) is 2. The molecule has 142 valence electrons. The SMILES string of the molecule is C[C@H](C(=O)Nc1ccc2c(c1)CCC2)[NH+]1CCN(c2ccc(F)cc2)CC1. The van der Waals surface area contributed by atoms with E-state index in [1.54, 1.807) is 0 Å². The van der Waals surface area contributed by atoms with Crippen molar-refractivity contribution in [3.8, 4) is 0 Å². The van der Waals surface area contributed by atoms with Gasteiger partial charge in [-0.25, -0.2) is 4.39 Å². The second kappa shape index (κ2) is 7.69. The van der Waals surface area contributed by atoms with Crippen molar-refractivity contribution in [1.29, 1.82) is 0 Å². The third-order valence-electron chi connectivity index (χ3n) is 5.97. The molecule has 1 fully saturated rings. The van der Waals surface area contributed by atoms with Crippen molar-refractivity contribution in [1.82, 2.24) is 0 Å². The average molecular weight is 368 g/mol. The van der Waals surface area contributed by atoms with Crippen LogP contribution in [0.25, 0.3) is 0 Å². The summed E-state index contributed by atoms with van der Waals surface area (Å²) < 4.78 is 13.1. The molecule has 1 amide bonds. The molecule has 2 aromatic carbocycles. The van der Waals surface area contributed by atoms with Gasteiger partial charge in [0, 0.05) is 11.4 Å². The molecule has 0 saturated carbocycles. The van der Waals surface area contributed by atoms with Crippen LogP contribution in [0.1, 0.15) is 24.5 Å². The lowest BCUT2D eigenvalue weighted by Crippen LogP contribution is -3.19. The molecular formula is C22H27FN3O+. The molecular weight excluding hydrogens is 341 g/mol. The largest absolute Gasteiger partial charge is 0.360 e. The number of nitrogens with one attached hydrogen (secondary N) is 2. The number of carbonyl (C=O) groups is 1. The number of aryl methyl sites for hydroxylation is 2. The monoisotopic (exact) mass is 368 g/mol. The summed E-state index contributed by atoms with van der Waals surface area (Å²) in [5, 5.41) is 3.10. The van der Waals surface area contributed by atoms with Crippen LogP contribution in [0.5, 0.6) is 0 Å². The zero-order valence-electron chi connectivity index (χ0n) is 15.8. The number of halogens is 1. The van der Waals surface area contributed by atoms with Gasteiger partial charge in [-0.3, -0.25) is 4.79 Å². The maximum Gasteiger partial charge on any atom is 0.282 e. The van der Waals surface area contributed by atoms with Gasteiger partial charge in [0.25, 0.3) is 5.91 Å². The molecule has 0 bridgehead atoms. The normalized spacial score (nSPS) is 18.2. The number of nitrogens with zero attached hydrogens (tertiary/aromatic N) is 1. The Bertz CT molecular complexity index is 813. The number of amides is 1. The predicted molar refractivity (Wildman–Crippen MR) is 106 cm³/mol. The van der Waals surface area contributed by atoms with Crippen LogP contribution in [-0.2, 0) is 17.6 Å². The summed E-state index contributed by atoms with van der Waals surface area (Å²) in [5.74, 6) is -0.127. The maximum absolute atomic E-state index is 13.1. The molecule has 5 heteroatoms. The van der Waals surface area contributed by atoms with Crippen molar-refractivity contribution >= 4 is 17.3 Å². The Balaban J connectivity index is 1.32. The average Bonchev–Trinajstić information content (AvgIpc) is 3.16. The predicted octanol–water partition coefficient (Wildman–Crippen LogP) is 2.05. The molecule has 0 aromatic heterocycles. The van der Waals surface area contributed by atoms with Gasteiger partial charge in [-0.15, -0.1) is 0 Å². The van der Waals surface area contributed by atoms with E-state index in [-0.39, 0.29) is 17.8 Å². The molecule has 1 heterocycles. The summed E-state index contributed by atoms with van der Waals surface area (Å²) in [6.45, 7) is 5.55. The van der Waals surface area contributed by atoms with Crippen LogP contribution in [0.4, 0.5) is 15.8 Å². The van der Waals surface area contributed by atoms with Crippen molar-refractivity contribution in [2.45, 2.75) is 32.2 Å². The summed E-state index contributed by atoms with van der Waals surface area (Å²) in [6, 6.07) is 12.9. The lowest BCUT2D eigenvalue weighted by atomic mass is 10.1. The van der Waals surface area contributed by atoms with E-state index in [1.807, 2.05) is 25.1 Å². The zero-order valence-corrected chi connectivity index (χ0v) is 15.8. The van der Waals surface area contributed by atoms with Crippen LogP contribution < -0.4 is 15.1 Å². The van der Waals surface area contributed by atoms with Crippen LogP contribution >= 0.6 is 0 Å². The van der Waals surface area contributed by atoms with Gasteiger partial charge in [0.2, 0.25) is 0 Å². The van der Waals surface area contributed by atoms with E-state index < -0.39 is 0 Å². The summed E-state index contributed by atoms with van der Waals surface area (Å²) >= 11 is 0. The Labute approximate surface area is 160 Å². The minimum Gasteiger partial charge on any atom is -0.360 e. The van der Waals surface area contributed by atoms with Gasteiger partial charge in [0.05, 0.1) is 26.2 Å². The van der Waals surface area contributed by atoms with Crippen molar-refractivity contribution in [2.24, 2.45) is 0 Å². The van der Waals surface area contributed by atoms with E-state index in [9.17, 15) is 9.18 Å². The van der Waals surface area contributed by atoms with E-state index in [0.717, 1.165) is 50.4 Å². The van der Waals surface area contributed by atoms with E-state index in [2.05, 4.69) is 22.3 Å². The molecule has 2 aromatic rings.